The van der Waals surface area contributed by atoms with Crippen LogP contribution in [0.4, 0.5) is 13.2 Å². The number of aryl methyl sites for hydroxylation is 1. The summed E-state index contributed by atoms with van der Waals surface area (Å²) in [6, 6.07) is 12.1. The van der Waals surface area contributed by atoms with E-state index in [1.807, 2.05) is 25.1 Å². The average molecular weight is 409 g/mol. The molecule has 1 amide bonds. The molecule has 1 unspecified atom stereocenters. The Kier molecular flexibility index (Phi) is 6.64. The Morgan fingerprint density at radius 3 is 2.72 bits per heavy atom. The quantitative estimate of drug-likeness (QED) is 0.730. The van der Waals surface area contributed by atoms with Crippen LogP contribution in [0, 0.1) is 6.92 Å². The van der Waals surface area contributed by atoms with Crippen LogP contribution in [0.15, 0.2) is 48.5 Å². The number of ether oxygens (including phenoxy) is 3. The first-order chi connectivity index (χ1) is 13.8. The van der Waals surface area contributed by atoms with Gasteiger partial charge in [0.2, 0.25) is 0 Å². The Morgan fingerprint density at radius 2 is 1.97 bits per heavy atom. The van der Waals surface area contributed by atoms with Gasteiger partial charge in [0, 0.05) is 6.54 Å². The summed E-state index contributed by atoms with van der Waals surface area (Å²) in [4.78, 5) is 14.1. The first kappa shape index (κ1) is 21.0. The summed E-state index contributed by atoms with van der Waals surface area (Å²) < 4.78 is 55.0. The summed E-state index contributed by atoms with van der Waals surface area (Å²) >= 11 is 0. The number of benzene rings is 2. The second-order valence-corrected chi connectivity index (χ2v) is 6.72. The van der Waals surface area contributed by atoms with Crippen molar-refractivity contribution < 1.29 is 32.2 Å². The van der Waals surface area contributed by atoms with Crippen LogP contribution < -0.4 is 9.47 Å². The largest absolute Gasteiger partial charge is 0.491 e. The van der Waals surface area contributed by atoms with E-state index in [1.165, 1.54) is 12.1 Å². The van der Waals surface area contributed by atoms with E-state index in [9.17, 15) is 18.0 Å². The van der Waals surface area contributed by atoms with Crippen molar-refractivity contribution in [3.05, 3.63) is 59.7 Å². The summed E-state index contributed by atoms with van der Waals surface area (Å²) in [7, 11) is 0. The van der Waals surface area contributed by atoms with Crippen molar-refractivity contribution >= 4 is 5.91 Å². The molecule has 0 bridgehead atoms. The van der Waals surface area contributed by atoms with Gasteiger partial charge in [0.05, 0.1) is 18.7 Å². The van der Waals surface area contributed by atoms with Gasteiger partial charge < -0.3 is 19.1 Å². The van der Waals surface area contributed by atoms with E-state index in [4.69, 9.17) is 14.2 Å². The number of rotatable bonds is 6. The molecule has 2 aromatic rings. The van der Waals surface area contributed by atoms with Gasteiger partial charge in [0.1, 0.15) is 24.2 Å². The topological polar surface area (TPSA) is 48.0 Å². The maximum atomic E-state index is 12.8. The minimum absolute atomic E-state index is 0.0454. The van der Waals surface area contributed by atoms with Crippen LogP contribution in [0.5, 0.6) is 11.5 Å². The molecular formula is C21H22F3NO4. The number of amides is 1. The Bertz CT molecular complexity index is 841. The second-order valence-electron chi connectivity index (χ2n) is 6.72. The van der Waals surface area contributed by atoms with Crippen LogP contribution in [0.25, 0.3) is 0 Å². The lowest BCUT2D eigenvalue weighted by atomic mass is 10.2. The Morgan fingerprint density at radius 1 is 1.17 bits per heavy atom. The van der Waals surface area contributed by atoms with Crippen LogP contribution in [-0.4, -0.2) is 49.8 Å². The lowest BCUT2D eigenvalue weighted by Crippen LogP contribution is -2.49. The molecule has 156 valence electrons. The predicted molar refractivity (Wildman–Crippen MR) is 99.9 cm³/mol. The molecule has 1 aliphatic rings. The van der Waals surface area contributed by atoms with Gasteiger partial charge in [-0.05, 0) is 36.8 Å². The number of halogens is 3. The molecule has 1 heterocycles. The maximum absolute atomic E-state index is 12.8. The molecule has 0 radical (unpaired) electrons. The first-order valence-corrected chi connectivity index (χ1v) is 9.21. The summed E-state index contributed by atoms with van der Waals surface area (Å²) in [5.41, 5.74) is 0.166. The van der Waals surface area contributed by atoms with Crippen LogP contribution in [0.3, 0.4) is 0 Å². The number of carbonyl (C=O) groups is 1. The molecule has 0 aromatic heterocycles. The summed E-state index contributed by atoms with van der Waals surface area (Å²) in [5.74, 6) is 0.578. The molecule has 1 aliphatic heterocycles. The highest BCUT2D eigenvalue weighted by atomic mass is 19.4. The lowest BCUT2D eigenvalue weighted by molar-refractivity contribution is -0.142. The molecule has 1 fully saturated rings. The molecule has 0 saturated carbocycles. The van der Waals surface area contributed by atoms with E-state index in [2.05, 4.69) is 0 Å². The molecule has 8 heteroatoms. The van der Waals surface area contributed by atoms with Crippen molar-refractivity contribution in [1.29, 1.82) is 0 Å². The smallest absolute Gasteiger partial charge is 0.416 e. The predicted octanol–water partition coefficient (Wildman–Crippen LogP) is 3.70. The molecule has 1 atom stereocenters. The molecule has 5 nitrogen and oxygen atoms in total. The van der Waals surface area contributed by atoms with E-state index in [0.29, 0.717) is 18.9 Å². The Hall–Kier alpha value is -2.74. The number of para-hydroxylation sites is 1. The fraction of sp³-hybridized carbons (Fsp3) is 0.381. The van der Waals surface area contributed by atoms with Gasteiger partial charge in [-0.15, -0.1) is 0 Å². The molecular weight excluding hydrogens is 387 g/mol. The third-order valence-electron chi connectivity index (χ3n) is 4.53. The minimum Gasteiger partial charge on any atom is -0.491 e. The normalized spacial score (nSPS) is 17.1. The zero-order valence-corrected chi connectivity index (χ0v) is 15.9. The van der Waals surface area contributed by atoms with E-state index in [1.54, 1.807) is 11.0 Å². The van der Waals surface area contributed by atoms with Crippen molar-refractivity contribution in [3.63, 3.8) is 0 Å². The van der Waals surface area contributed by atoms with Crippen LogP contribution in [-0.2, 0) is 15.7 Å². The molecule has 2 aromatic carbocycles. The zero-order chi connectivity index (χ0) is 20.9. The van der Waals surface area contributed by atoms with Gasteiger partial charge in [-0.1, -0.05) is 24.3 Å². The molecule has 0 aliphatic carbocycles. The van der Waals surface area contributed by atoms with E-state index >= 15 is 0 Å². The SMILES string of the molecule is Cc1ccccc1OCC(=O)N1CCOC(COc2cccc(C(F)(F)F)c2)C1. The number of carbonyl (C=O) groups excluding carboxylic acids is 1. The summed E-state index contributed by atoms with van der Waals surface area (Å²) in [6.07, 6.45) is -4.86. The van der Waals surface area contributed by atoms with Crippen molar-refractivity contribution in [2.24, 2.45) is 0 Å². The highest BCUT2D eigenvalue weighted by Gasteiger charge is 2.31. The molecule has 1 saturated heterocycles. The standard InChI is InChI=1S/C21H22F3NO4/c1-15-5-2-3-8-19(15)29-14-20(26)25-9-10-27-18(12-25)13-28-17-7-4-6-16(11-17)21(22,23)24/h2-8,11,18H,9-10,12-14H2,1H3. The zero-order valence-electron chi connectivity index (χ0n) is 15.9. The highest BCUT2D eigenvalue weighted by molar-refractivity contribution is 5.78. The van der Waals surface area contributed by atoms with Crippen molar-refractivity contribution in [2.75, 3.05) is 32.9 Å². The van der Waals surface area contributed by atoms with Crippen LogP contribution in [0.1, 0.15) is 11.1 Å². The molecule has 3 rings (SSSR count). The van der Waals surface area contributed by atoms with Crippen molar-refractivity contribution in [1.82, 2.24) is 4.90 Å². The third kappa shape index (κ3) is 5.87. The number of morpholine rings is 1. The van der Waals surface area contributed by atoms with Gasteiger partial charge in [-0.3, -0.25) is 4.79 Å². The van der Waals surface area contributed by atoms with Crippen LogP contribution >= 0.6 is 0 Å². The Labute approximate surface area is 167 Å². The van der Waals surface area contributed by atoms with E-state index in [0.717, 1.165) is 17.7 Å². The monoisotopic (exact) mass is 409 g/mol. The van der Waals surface area contributed by atoms with Gasteiger partial charge in [-0.2, -0.15) is 13.2 Å². The molecule has 0 spiro atoms. The van der Waals surface area contributed by atoms with E-state index < -0.39 is 17.8 Å². The average Bonchev–Trinajstić information content (AvgIpc) is 2.71. The number of hydrogen-bond acceptors (Lipinski definition) is 4. The number of nitrogens with zero attached hydrogens (tertiary/aromatic N) is 1. The lowest BCUT2D eigenvalue weighted by Gasteiger charge is -2.32. The van der Waals surface area contributed by atoms with Crippen molar-refractivity contribution in [2.45, 2.75) is 19.2 Å². The van der Waals surface area contributed by atoms with E-state index in [-0.39, 0.29) is 31.4 Å². The summed E-state index contributed by atoms with van der Waals surface area (Å²) in [5, 5.41) is 0. The van der Waals surface area contributed by atoms with Gasteiger partial charge in [0.15, 0.2) is 6.61 Å². The fourth-order valence-electron chi connectivity index (χ4n) is 2.95. The van der Waals surface area contributed by atoms with Crippen molar-refractivity contribution in [3.8, 4) is 11.5 Å². The number of hydrogen-bond donors (Lipinski definition) is 0. The maximum Gasteiger partial charge on any atom is 0.416 e. The van der Waals surface area contributed by atoms with Gasteiger partial charge in [0.25, 0.3) is 5.91 Å². The van der Waals surface area contributed by atoms with Crippen LogP contribution in [0.2, 0.25) is 0 Å². The molecule has 0 N–H and O–H groups in total. The number of alkyl halides is 3. The van der Waals surface area contributed by atoms with Gasteiger partial charge in [-0.25, -0.2) is 0 Å². The molecule has 29 heavy (non-hydrogen) atoms. The first-order valence-electron chi connectivity index (χ1n) is 9.21. The fourth-order valence-corrected chi connectivity index (χ4v) is 2.95. The van der Waals surface area contributed by atoms with Gasteiger partial charge >= 0.3 is 6.18 Å². The Balaban J connectivity index is 1.50. The third-order valence-corrected chi connectivity index (χ3v) is 4.53. The highest BCUT2D eigenvalue weighted by Crippen LogP contribution is 2.31. The minimum atomic E-state index is -4.43. The second kappa shape index (κ2) is 9.17. The summed E-state index contributed by atoms with van der Waals surface area (Å²) in [6.45, 7) is 2.89.